The van der Waals surface area contributed by atoms with Gasteiger partial charge >= 0.3 is 0 Å². The number of halogens is 1. The van der Waals surface area contributed by atoms with Gasteiger partial charge in [-0.1, -0.05) is 29.4 Å². The van der Waals surface area contributed by atoms with Crippen molar-refractivity contribution in [1.82, 2.24) is 10.4 Å². The zero-order chi connectivity index (χ0) is 16.4. The molecule has 8 heteroatoms. The van der Waals surface area contributed by atoms with E-state index >= 15 is 0 Å². The molecule has 1 N–H and O–H groups in total. The highest BCUT2D eigenvalue weighted by Gasteiger charge is 2.33. The molecule has 2 amide bonds. The quantitative estimate of drug-likeness (QED) is 0.647. The van der Waals surface area contributed by atoms with E-state index in [0.29, 0.717) is 19.8 Å². The fourth-order valence-electron chi connectivity index (χ4n) is 1.83. The summed E-state index contributed by atoms with van der Waals surface area (Å²) in [6.07, 6.45) is 1.76. The van der Waals surface area contributed by atoms with Crippen molar-refractivity contribution >= 4 is 69.1 Å². The van der Waals surface area contributed by atoms with Crippen LogP contribution in [0.1, 0.15) is 15.2 Å². The van der Waals surface area contributed by atoms with Crippen LogP contribution in [0, 0.1) is 0 Å². The Hall–Kier alpha value is -1.67. The number of carbonyl (C=O) groups excluding carboxylic acids is 2. The first-order chi connectivity index (χ1) is 11.0. The third-order valence-electron chi connectivity index (χ3n) is 2.93. The Bertz CT molecular complexity index is 801. The predicted octanol–water partition coefficient (Wildman–Crippen LogP) is 3.95. The molecule has 0 aliphatic carbocycles. The SMILES string of the molecule is O=C(NN1C(=O)/C(=C\c2cccs2)SC1=S)c1ccc(Cl)cc1. The van der Waals surface area contributed by atoms with Crippen molar-refractivity contribution in [2.24, 2.45) is 0 Å². The molecule has 0 atom stereocenters. The summed E-state index contributed by atoms with van der Waals surface area (Å²) in [4.78, 5) is 26.0. The minimum absolute atomic E-state index is 0.292. The average Bonchev–Trinajstić information content (AvgIpc) is 3.12. The first kappa shape index (κ1) is 16.2. The molecule has 0 unspecified atom stereocenters. The van der Waals surface area contributed by atoms with Gasteiger partial charge in [0.15, 0.2) is 4.32 Å². The van der Waals surface area contributed by atoms with E-state index in [9.17, 15) is 9.59 Å². The second-order valence-electron chi connectivity index (χ2n) is 4.48. The summed E-state index contributed by atoms with van der Waals surface area (Å²) in [5.74, 6) is -0.758. The predicted molar refractivity (Wildman–Crippen MR) is 98.2 cm³/mol. The van der Waals surface area contributed by atoms with Gasteiger partial charge in [0.1, 0.15) is 0 Å². The van der Waals surface area contributed by atoms with Gasteiger partial charge in [-0.25, -0.2) is 0 Å². The van der Waals surface area contributed by atoms with Crippen LogP contribution in [0.25, 0.3) is 6.08 Å². The third kappa shape index (κ3) is 3.64. The average molecular weight is 381 g/mol. The molecule has 2 heterocycles. The van der Waals surface area contributed by atoms with E-state index in [1.54, 1.807) is 30.3 Å². The highest BCUT2D eigenvalue weighted by Crippen LogP contribution is 2.32. The van der Waals surface area contributed by atoms with Crippen molar-refractivity contribution in [3.8, 4) is 0 Å². The second kappa shape index (κ2) is 6.84. The van der Waals surface area contributed by atoms with Crippen LogP contribution in [0.2, 0.25) is 5.02 Å². The van der Waals surface area contributed by atoms with Crippen LogP contribution >= 0.6 is 46.9 Å². The third-order valence-corrected chi connectivity index (χ3v) is 5.30. The number of thiocarbonyl (C=S) groups is 1. The molecular weight excluding hydrogens is 372 g/mol. The summed E-state index contributed by atoms with van der Waals surface area (Å²) in [6.45, 7) is 0. The zero-order valence-electron chi connectivity index (χ0n) is 11.5. The number of nitrogens with one attached hydrogen (secondary N) is 1. The zero-order valence-corrected chi connectivity index (χ0v) is 14.7. The van der Waals surface area contributed by atoms with Gasteiger partial charge in [0.05, 0.1) is 4.91 Å². The molecular formula is C15H9ClN2O2S3. The molecule has 0 spiro atoms. The first-order valence-electron chi connectivity index (χ1n) is 6.42. The van der Waals surface area contributed by atoms with E-state index < -0.39 is 5.91 Å². The van der Waals surface area contributed by atoms with Crippen molar-refractivity contribution in [3.05, 3.63) is 62.1 Å². The number of carbonyl (C=O) groups is 2. The van der Waals surface area contributed by atoms with Crippen LogP contribution in [0.3, 0.4) is 0 Å². The van der Waals surface area contributed by atoms with E-state index in [1.165, 1.54) is 11.3 Å². The molecule has 3 rings (SSSR count). The standard InChI is InChI=1S/C15H9ClN2O2S3/c16-10-5-3-9(4-6-10)13(19)17-18-14(20)12(23-15(18)21)8-11-2-1-7-22-11/h1-8H,(H,17,19)/b12-8+. The Balaban J connectivity index is 1.75. The van der Waals surface area contributed by atoms with Gasteiger partial charge in [-0.3, -0.25) is 15.0 Å². The molecule has 0 bridgehead atoms. The number of amides is 2. The summed E-state index contributed by atoms with van der Waals surface area (Å²) in [5.41, 5.74) is 2.92. The maximum absolute atomic E-state index is 12.4. The number of hydrogen-bond donors (Lipinski definition) is 1. The Morgan fingerprint density at radius 2 is 2.00 bits per heavy atom. The molecule has 2 aromatic rings. The Kier molecular flexibility index (Phi) is 4.82. The number of rotatable bonds is 3. The Labute approximate surface area is 151 Å². The van der Waals surface area contributed by atoms with Crippen molar-refractivity contribution in [1.29, 1.82) is 0 Å². The van der Waals surface area contributed by atoms with Crippen LogP contribution in [-0.4, -0.2) is 21.1 Å². The number of nitrogens with zero attached hydrogens (tertiary/aromatic N) is 1. The maximum atomic E-state index is 12.4. The van der Waals surface area contributed by atoms with E-state index in [0.717, 1.165) is 21.6 Å². The lowest BCUT2D eigenvalue weighted by atomic mass is 10.2. The van der Waals surface area contributed by atoms with Gasteiger partial charge in [-0.05, 0) is 54.0 Å². The summed E-state index contributed by atoms with van der Waals surface area (Å²) < 4.78 is 0.292. The summed E-state index contributed by atoms with van der Waals surface area (Å²) in [6, 6.07) is 10.2. The van der Waals surface area contributed by atoms with Crippen LogP contribution in [0.4, 0.5) is 0 Å². The van der Waals surface area contributed by atoms with E-state index in [1.807, 2.05) is 17.5 Å². The lowest BCUT2D eigenvalue weighted by Gasteiger charge is -2.15. The van der Waals surface area contributed by atoms with Crippen LogP contribution in [0.15, 0.2) is 46.7 Å². The Morgan fingerprint density at radius 1 is 1.26 bits per heavy atom. The normalized spacial score (nSPS) is 16.2. The monoisotopic (exact) mass is 380 g/mol. The number of hydrogen-bond acceptors (Lipinski definition) is 5. The maximum Gasteiger partial charge on any atom is 0.285 e. The van der Waals surface area contributed by atoms with Gasteiger partial charge in [-0.2, -0.15) is 5.01 Å². The Morgan fingerprint density at radius 3 is 2.65 bits per heavy atom. The molecule has 1 aromatic carbocycles. The van der Waals surface area contributed by atoms with Crippen molar-refractivity contribution in [2.45, 2.75) is 0 Å². The molecule has 1 aromatic heterocycles. The number of hydrazine groups is 1. The summed E-state index contributed by atoms with van der Waals surface area (Å²) in [7, 11) is 0. The fraction of sp³-hybridized carbons (Fsp3) is 0. The van der Waals surface area contributed by atoms with Crippen LogP contribution < -0.4 is 5.43 Å². The molecule has 0 radical (unpaired) electrons. The largest absolute Gasteiger partial charge is 0.285 e. The molecule has 116 valence electrons. The van der Waals surface area contributed by atoms with Crippen LogP contribution in [-0.2, 0) is 4.79 Å². The van der Waals surface area contributed by atoms with Crippen molar-refractivity contribution in [3.63, 3.8) is 0 Å². The molecule has 1 saturated heterocycles. The van der Waals surface area contributed by atoms with E-state index in [4.69, 9.17) is 23.8 Å². The minimum atomic E-state index is -0.421. The molecule has 23 heavy (non-hydrogen) atoms. The summed E-state index contributed by atoms with van der Waals surface area (Å²) >= 11 is 13.6. The van der Waals surface area contributed by atoms with Crippen molar-refractivity contribution < 1.29 is 9.59 Å². The lowest BCUT2D eigenvalue weighted by molar-refractivity contribution is -0.123. The van der Waals surface area contributed by atoms with Gasteiger partial charge in [0.25, 0.3) is 11.8 Å². The van der Waals surface area contributed by atoms with Crippen LogP contribution in [0.5, 0.6) is 0 Å². The van der Waals surface area contributed by atoms with Gasteiger partial charge in [-0.15, -0.1) is 11.3 Å². The molecule has 1 aliphatic heterocycles. The van der Waals surface area contributed by atoms with Gasteiger partial charge < -0.3 is 0 Å². The fourth-order valence-corrected chi connectivity index (χ4v) is 3.86. The minimum Gasteiger partial charge on any atom is -0.267 e. The van der Waals surface area contributed by atoms with E-state index in [-0.39, 0.29) is 5.91 Å². The molecule has 0 saturated carbocycles. The van der Waals surface area contributed by atoms with Crippen molar-refractivity contribution in [2.75, 3.05) is 0 Å². The van der Waals surface area contributed by atoms with Gasteiger partial charge in [0.2, 0.25) is 0 Å². The number of thioether (sulfide) groups is 1. The highest BCUT2D eigenvalue weighted by molar-refractivity contribution is 8.26. The topological polar surface area (TPSA) is 49.4 Å². The lowest BCUT2D eigenvalue weighted by Crippen LogP contribution is -2.44. The number of benzene rings is 1. The molecule has 1 aliphatic rings. The number of thiophene rings is 1. The smallest absolute Gasteiger partial charge is 0.267 e. The first-order valence-corrected chi connectivity index (χ1v) is 8.91. The molecule has 4 nitrogen and oxygen atoms in total. The highest BCUT2D eigenvalue weighted by atomic mass is 35.5. The van der Waals surface area contributed by atoms with Gasteiger partial charge in [0, 0.05) is 15.5 Å². The second-order valence-corrected chi connectivity index (χ2v) is 7.57. The van der Waals surface area contributed by atoms with E-state index in [2.05, 4.69) is 5.43 Å². The summed E-state index contributed by atoms with van der Waals surface area (Å²) in [5, 5.41) is 3.55. The molecule has 1 fully saturated rings.